The number of rotatable bonds is 7. The molecule has 1 aliphatic rings. The van der Waals surface area contributed by atoms with Crippen molar-refractivity contribution in [1.82, 2.24) is 15.1 Å². The maximum Gasteiger partial charge on any atom is 0.271 e. The molecule has 0 saturated carbocycles. The molecule has 1 atom stereocenters. The van der Waals surface area contributed by atoms with Gasteiger partial charge in [0, 0.05) is 30.7 Å². The minimum absolute atomic E-state index is 0.0252. The molecule has 7 nitrogen and oxygen atoms in total. The average molecular weight is 481 g/mol. The van der Waals surface area contributed by atoms with Gasteiger partial charge in [-0.15, -0.1) is 5.10 Å². The van der Waals surface area contributed by atoms with Gasteiger partial charge in [-0.2, -0.15) is 4.68 Å². The first-order valence-corrected chi connectivity index (χ1v) is 11.9. The Morgan fingerprint density at radius 3 is 2.71 bits per heavy atom. The van der Waals surface area contributed by atoms with Crippen molar-refractivity contribution in [1.29, 1.82) is 0 Å². The maximum absolute atomic E-state index is 12.9. The van der Waals surface area contributed by atoms with Gasteiger partial charge in [0.05, 0.1) is 18.2 Å². The molecule has 1 N–H and O–H groups in total. The standard InChI is InChI=1S/C26H29ClN4O3/c1-3-34-22-10-7-19(8-11-22)16-28-26(33)20-5-4-14-30(17-20)24-12-13-25(32)31(29-24)21-9-6-18(2)23(27)15-21/h6-13,15,20H,3-5,14,16-17H2,1-2H3,(H,28,33). The number of amides is 1. The number of anilines is 1. The van der Waals surface area contributed by atoms with Crippen LogP contribution in [0.4, 0.5) is 5.82 Å². The third-order valence-electron chi connectivity index (χ3n) is 6.00. The van der Waals surface area contributed by atoms with E-state index in [1.54, 1.807) is 12.1 Å². The van der Waals surface area contributed by atoms with Crippen LogP contribution in [-0.4, -0.2) is 35.4 Å². The number of nitrogens with one attached hydrogen (secondary N) is 1. The molecule has 34 heavy (non-hydrogen) atoms. The number of nitrogens with zero attached hydrogens (tertiary/aromatic N) is 3. The first kappa shape index (κ1) is 23.8. The predicted octanol–water partition coefficient (Wildman–Crippen LogP) is 4.13. The summed E-state index contributed by atoms with van der Waals surface area (Å²) in [4.78, 5) is 27.4. The number of halogens is 1. The quantitative estimate of drug-likeness (QED) is 0.550. The number of benzene rings is 2. The summed E-state index contributed by atoms with van der Waals surface area (Å²) >= 11 is 6.25. The Hall–Kier alpha value is -3.32. The first-order valence-electron chi connectivity index (χ1n) is 11.6. The third-order valence-corrected chi connectivity index (χ3v) is 6.41. The van der Waals surface area contributed by atoms with Crippen molar-refractivity contribution in [2.75, 3.05) is 24.6 Å². The number of carbonyl (C=O) groups excluding carboxylic acids is 1. The third kappa shape index (κ3) is 5.59. The topological polar surface area (TPSA) is 76.5 Å². The van der Waals surface area contributed by atoms with Crippen LogP contribution < -0.4 is 20.5 Å². The molecule has 1 aromatic heterocycles. The lowest BCUT2D eigenvalue weighted by Gasteiger charge is -2.33. The van der Waals surface area contributed by atoms with Crippen molar-refractivity contribution >= 4 is 23.3 Å². The van der Waals surface area contributed by atoms with Gasteiger partial charge in [-0.25, -0.2) is 0 Å². The van der Waals surface area contributed by atoms with Gasteiger partial charge >= 0.3 is 0 Å². The molecule has 178 valence electrons. The molecule has 0 radical (unpaired) electrons. The van der Waals surface area contributed by atoms with E-state index >= 15 is 0 Å². The average Bonchev–Trinajstić information content (AvgIpc) is 2.86. The van der Waals surface area contributed by atoms with Gasteiger partial charge in [-0.1, -0.05) is 29.8 Å². The highest BCUT2D eigenvalue weighted by Crippen LogP contribution is 2.23. The van der Waals surface area contributed by atoms with Crippen molar-refractivity contribution in [3.05, 3.63) is 81.1 Å². The zero-order valence-electron chi connectivity index (χ0n) is 19.5. The Morgan fingerprint density at radius 2 is 1.97 bits per heavy atom. The Morgan fingerprint density at radius 1 is 1.18 bits per heavy atom. The lowest BCUT2D eigenvalue weighted by atomic mass is 9.97. The van der Waals surface area contributed by atoms with Crippen molar-refractivity contribution < 1.29 is 9.53 Å². The smallest absolute Gasteiger partial charge is 0.271 e. The molecule has 2 heterocycles. The molecular formula is C26H29ClN4O3. The van der Waals surface area contributed by atoms with E-state index in [2.05, 4.69) is 15.3 Å². The molecule has 0 spiro atoms. The Bertz CT molecular complexity index is 1210. The summed E-state index contributed by atoms with van der Waals surface area (Å²) in [5.41, 5.74) is 2.34. The molecular weight excluding hydrogens is 452 g/mol. The molecule has 0 aliphatic carbocycles. The van der Waals surface area contributed by atoms with Crippen LogP contribution in [0.1, 0.15) is 30.9 Å². The van der Waals surface area contributed by atoms with Crippen LogP contribution in [0.15, 0.2) is 59.4 Å². The van der Waals surface area contributed by atoms with Crippen LogP contribution in [0.5, 0.6) is 5.75 Å². The minimum Gasteiger partial charge on any atom is -0.494 e. The maximum atomic E-state index is 12.9. The predicted molar refractivity (Wildman–Crippen MR) is 134 cm³/mol. The normalized spacial score (nSPS) is 15.7. The number of aromatic nitrogens is 2. The zero-order valence-corrected chi connectivity index (χ0v) is 20.2. The number of aryl methyl sites for hydroxylation is 1. The van der Waals surface area contributed by atoms with Crippen molar-refractivity contribution in [2.45, 2.75) is 33.2 Å². The number of ether oxygens (including phenoxy) is 1. The van der Waals surface area contributed by atoms with E-state index in [0.717, 1.165) is 36.3 Å². The fraction of sp³-hybridized carbons (Fsp3) is 0.346. The van der Waals surface area contributed by atoms with Gasteiger partial charge in [0.15, 0.2) is 0 Å². The molecule has 4 rings (SSSR count). The van der Waals surface area contributed by atoms with Gasteiger partial charge in [-0.3, -0.25) is 9.59 Å². The van der Waals surface area contributed by atoms with E-state index in [9.17, 15) is 9.59 Å². The van der Waals surface area contributed by atoms with E-state index in [0.29, 0.717) is 36.2 Å². The second-order valence-corrected chi connectivity index (χ2v) is 8.86. The molecule has 1 fully saturated rings. The summed E-state index contributed by atoms with van der Waals surface area (Å²) in [6.07, 6.45) is 1.69. The summed E-state index contributed by atoms with van der Waals surface area (Å²) < 4.78 is 6.82. The van der Waals surface area contributed by atoms with Crippen LogP contribution in [0.2, 0.25) is 5.02 Å². The monoisotopic (exact) mass is 480 g/mol. The molecule has 1 aliphatic heterocycles. The van der Waals surface area contributed by atoms with Gasteiger partial charge in [0.2, 0.25) is 5.91 Å². The van der Waals surface area contributed by atoms with E-state index in [1.165, 1.54) is 10.7 Å². The van der Waals surface area contributed by atoms with Gasteiger partial charge in [-0.05, 0) is 68.1 Å². The lowest BCUT2D eigenvalue weighted by Crippen LogP contribution is -2.43. The van der Waals surface area contributed by atoms with Crippen molar-refractivity contribution in [2.24, 2.45) is 5.92 Å². The van der Waals surface area contributed by atoms with Crippen LogP contribution in [-0.2, 0) is 11.3 Å². The fourth-order valence-corrected chi connectivity index (χ4v) is 4.25. The second kappa shape index (κ2) is 10.7. The minimum atomic E-state index is -0.231. The number of hydrogen-bond donors (Lipinski definition) is 1. The van der Waals surface area contributed by atoms with E-state index in [4.69, 9.17) is 16.3 Å². The number of piperidine rings is 1. The SMILES string of the molecule is CCOc1ccc(CNC(=O)C2CCCN(c3ccc(=O)n(-c4ccc(C)c(Cl)c4)n3)C2)cc1. The van der Waals surface area contributed by atoms with Gasteiger partial charge in [0.25, 0.3) is 5.56 Å². The summed E-state index contributed by atoms with van der Waals surface area (Å²) in [5.74, 6) is 1.37. The summed E-state index contributed by atoms with van der Waals surface area (Å²) in [5, 5.41) is 8.21. The van der Waals surface area contributed by atoms with Crippen LogP contribution >= 0.6 is 11.6 Å². The molecule has 2 aromatic carbocycles. The molecule has 0 bridgehead atoms. The number of carbonyl (C=O) groups is 1. The van der Waals surface area contributed by atoms with E-state index < -0.39 is 0 Å². The Kier molecular flexibility index (Phi) is 7.53. The van der Waals surface area contributed by atoms with E-state index in [1.807, 2.05) is 50.2 Å². The highest BCUT2D eigenvalue weighted by Gasteiger charge is 2.27. The van der Waals surface area contributed by atoms with Crippen molar-refractivity contribution in [3.63, 3.8) is 0 Å². The van der Waals surface area contributed by atoms with Crippen LogP contribution in [0, 0.1) is 12.8 Å². The van der Waals surface area contributed by atoms with Crippen LogP contribution in [0.25, 0.3) is 5.69 Å². The first-order chi connectivity index (χ1) is 16.4. The van der Waals surface area contributed by atoms with E-state index in [-0.39, 0.29) is 17.4 Å². The van der Waals surface area contributed by atoms with Crippen LogP contribution in [0.3, 0.4) is 0 Å². The lowest BCUT2D eigenvalue weighted by molar-refractivity contribution is -0.125. The largest absolute Gasteiger partial charge is 0.494 e. The van der Waals surface area contributed by atoms with Gasteiger partial charge in [0.1, 0.15) is 11.6 Å². The molecule has 3 aromatic rings. The fourth-order valence-electron chi connectivity index (χ4n) is 4.07. The Labute approximate surface area is 204 Å². The highest BCUT2D eigenvalue weighted by atomic mass is 35.5. The van der Waals surface area contributed by atoms with Gasteiger partial charge < -0.3 is 15.0 Å². The molecule has 1 amide bonds. The zero-order chi connectivity index (χ0) is 24.1. The number of hydrogen-bond acceptors (Lipinski definition) is 5. The second-order valence-electron chi connectivity index (χ2n) is 8.45. The Balaban J connectivity index is 1.42. The molecule has 1 saturated heterocycles. The highest BCUT2D eigenvalue weighted by molar-refractivity contribution is 6.31. The molecule has 1 unspecified atom stereocenters. The molecule has 8 heteroatoms. The summed E-state index contributed by atoms with van der Waals surface area (Å²) in [6, 6.07) is 16.4. The summed E-state index contributed by atoms with van der Waals surface area (Å²) in [6.45, 7) is 6.29. The van der Waals surface area contributed by atoms with Crippen molar-refractivity contribution in [3.8, 4) is 11.4 Å². The summed E-state index contributed by atoms with van der Waals surface area (Å²) in [7, 11) is 0.